The number of carbonyl (C=O) groups excluding carboxylic acids is 1. The van der Waals surface area contributed by atoms with E-state index in [-0.39, 0.29) is 5.91 Å². The maximum absolute atomic E-state index is 12.9. The number of hydrogen-bond acceptors (Lipinski definition) is 6. The monoisotopic (exact) mass is 349 g/mol. The second-order valence-electron chi connectivity index (χ2n) is 6.20. The van der Waals surface area contributed by atoms with E-state index in [4.69, 9.17) is 9.26 Å². The van der Waals surface area contributed by atoms with Gasteiger partial charge in [-0.15, -0.1) is 11.3 Å². The van der Waals surface area contributed by atoms with E-state index in [1.54, 1.807) is 0 Å². The van der Waals surface area contributed by atoms with E-state index in [0.29, 0.717) is 10.8 Å². The third-order valence-electron chi connectivity index (χ3n) is 4.37. The lowest BCUT2D eigenvalue weighted by atomic mass is 10.1. The van der Waals surface area contributed by atoms with Crippen LogP contribution in [0.25, 0.3) is 10.6 Å². The zero-order valence-electron chi connectivity index (χ0n) is 14.6. The zero-order valence-corrected chi connectivity index (χ0v) is 15.4. The molecule has 1 amide bonds. The van der Waals surface area contributed by atoms with Gasteiger partial charge in [-0.2, -0.15) is 0 Å². The molecule has 130 valence electrons. The van der Waals surface area contributed by atoms with Gasteiger partial charge >= 0.3 is 0 Å². The van der Waals surface area contributed by atoms with Gasteiger partial charge in [0.15, 0.2) is 0 Å². The largest absolute Gasteiger partial charge is 0.381 e. The molecule has 0 aliphatic carbocycles. The average molecular weight is 349 g/mol. The van der Waals surface area contributed by atoms with E-state index in [0.717, 1.165) is 60.4 Å². The van der Waals surface area contributed by atoms with Crippen molar-refractivity contribution in [2.75, 3.05) is 26.3 Å². The molecule has 0 radical (unpaired) electrons. The van der Waals surface area contributed by atoms with Gasteiger partial charge in [-0.1, -0.05) is 5.16 Å². The smallest absolute Gasteiger partial charge is 0.265 e. The first-order chi connectivity index (χ1) is 11.5. The number of rotatable bonds is 5. The first kappa shape index (κ1) is 17.1. The van der Waals surface area contributed by atoms with Crippen molar-refractivity contribution in [1.82, 2.24) is 15.0 Å². The van der Waals surface area contributed by atoms with Gasteiger partial charge in [-0.3, -0.25) is 4.79 Å². The van der Waals surface area contributed by atoms with Crippen molar-refractivity contribution in [2.45, 2.75) is 34.1 Å². The third-order valence-corrected chi connectivity index (χ3v) is 5.53. The summed E-state index contributed by atoms with van der Waals surface area (Å²) >= 11 is 1.43. The standard InChI is InChI=1S/C17H23N3O3S/c1-5-22-9-13-6-7-20(8-13)17(21)15-11(3)18-16(24-15)14-10(2)19-23-12(14)4/h13H,5-9H2,1-4H3/t13-/m1/s1. The van der Waals surface area contributed by atoms with Crippen molar-refractivity contribution >= 4 is 17.2 Å². The Labute approximate surface area is 145 Å². The van der Waals surface area contributed by atoms with Crippen LogP contribution in [0.1, 0.15) is 40.2 Å². The van der Waals surface area contributed by atoms with Crippen LogP contribution >= 0.6 is 11.3 Å². The Morgan fingerprint density at radius 1 is 1.38 bits per heavy atom. The Kier molecular flexibility index (Phi) is 5.01. The summed E-state index contributed by atoms with van der Waals surface area (Å²) < 4.78 is 10.7. The summed E-state index contributed by atoms with van der Waals surface area (Å²) in [5, 5.41) is 4.78. The summed E-state index contributed by atoms with van der Waals surface area (Å²) in [4.78, 5) is 20.1. The quantitative estimate of drug-likeness (QED) is 0.829. The van der Waals surface area contributed by atoms with Gasteiger partial charge in [-0.05, 0) is 34.1 Å². The van der Waals surface area contributed by atoms with Crippen molar-refractivity contribution < 1.29 is 14.1 Å². The maximum atomic E-state index is 12.9. The third kappa shape index (κ3) is 3.23. The molecule has 0 aromatic carbocycles. The molecule has 2 aromatic rings. The van der Waals surface area contributed by atoms with Gasteiger partial charge < -0.3 is 14.2 Å². The summed E-state index contributed by atoms with van der Waals surface area (Å²) in [6, 6.07) is 0. The summed E-state index contributed by atoms with van der Waals surface area (Å²) in [7, 11) is 0. The normalized spacial score (nSPS) is 17.7. The summed E-state index contributed by atoms with van der Waals surface area (Å²) in [6.07, 6.45) is 1.00. The van der Waals surface area contributed by atoms with E-state index in [9.17, 15) is 4.79 Å². The molecule has 2 aromatic heterocycles. The second kappa shape index (κ2) is 7.03. The van der Waals surface area contributed by atoms with Crippen LogP contribution < -0.4 is 0 Å². The van der Waals surface area contributed by atoms with Crippen molar-refractivity contribution in [3.05, 3.63) is 22.0 Å². The molecular weight excluding hydrogens is 326 g/mol. The fourth-order valence-electron chi connectivity index (χ4n) is 3.07. The molecule has 0 spiro atoms. The molecule has 0 saturated carbocycles. The highest BCUT2D eigenvalue weighted by Crippen LogP contribution is 2.33. The predicted molar refractivity (Wildman–Crippen MR) is 92.3 cm³/mol. The van der Waals surface area contributed by atoms with E-state index in [2.05, 4.69) is 10.1 Å². The van der Waals surface area contributed by atoms with E-state index >= 15 is 0 Å². The molecule has 6 nitrogen and oxygen atoms in total. The van der Waals surface area contributed by atoms with Crippen LogP contribution in [-0.4, -0.2) is 47.3 Å². The first-order valence-electron chi connectivity index (χ1n) is 8.29. The van der Waals surface area contributed by atoms with Crippen LogP contribution in [0.15, 0.2) is 4.52 Å². The fraction of sp³-hybridized carbons (Fsp3) is 0.588. The molecule has 0 unspecified atom stereocenters. The van der Waals surface area contributed by atoms with E-state index in [1.165, 1.54) is 11.3 Å². The van der Waals surface area contributed by atoms with Gasteiger partial charge in [0.2, 0.25) is 0 Å². The van der Waals surface area contributed by atoms with Crippen molar-refractivity contribution in [3.8, 4) is 10.6 Å². The number of carbonyl (C=O) groups is 1. The highest BCUT2D eigenvalue weighted by Gasteiger charge is 2.30. The number of nitrogens with zero attached hydrogens (tertiary/aromatic N) is 3. The molecule has 0 N–H and O–H groups in total. The Bertz CT molecular complexity index is 718. The molecular formula is C17H23N3O3S. The number of aromatic nitrogens is 2. The molecule has 3 rings (SSSR count). The molecule has 1 aliphatic rings. The van der Waals surface area contributed by atoms with Crippen LogP contribution in [0.3, 0.4) is 0 Å². The SMILES string of the molecule is CCOC[C@@H]1CCN(C(=O)c2sc(-c3c(C)noc3C)nc2C)C1. The first-order valence-corrected chi connectivity index (χ1v) is 9.10. The number of ether oxygens (including phenoxy) is 1. The highest BCUT2D eigenvalue weighted by molar-refractivity contribution is 7.17. The summed E-state index contributed by atoms with van der Waals surface area (Å²) in [5.74, 6) is 1.24. The number of thiazole rings is 1. The number of amides is 1. The molecule has 0 bridgehead atoms. The van der Waals surface area contributed by atoms with Crippen LogP contribution in [0.5, 0.6) is 0 Å². The van der Waals surface area contributed by atoms with Gasteiger partial charge in [-0.25, -0.2) is 4.98 Å². The Morgan fingerprint density at radius 3 is 2.83 bits per heavy atom. The van der Waals surface area contributed by atoms with Gasteiger partial charge in [0.25, 0.3) is 5.91 Å². The van der Waals surface area contributed by atoms with Crippen LogP contribution in [0.2, 0.25) is 0 Å². The van der Waals surface area contributed by atoms with Crippen molar-refractivity contribution in [3.63, 3.8) is 0 Å². The highest BCUT2D eigenvalue weighted by atomic mass is 32.1. The zero-order chi connectivity index (χ0) is 17.3. The topological polar surface area (TPSA) is 68.5 Å². The van der Waals surface area contributed by atoms with Gasteiger partial charge in [0.1, 0.15) is 15.6 Å². The minimum Gasteiger partial charge on any atom is -0.381 e. The number of likely N-dealkylation sites (tertiary alicyclic amines) is 1. The number of hydrogen-bond donors (Lipinski definition) is 0. The molecule has 3 heterocycles. The molecule has 1 saturated heterocycles. The van der Waals surface area contributed by atoms with Crippen molar-refractivity contribution in [2.24, 2.45) is 5.92 Å². The van der Waals surface area contributed by atoms with Crippen molar-refractivity contribution in [1.29, 1.82) is 0 Å². The van der Waals surface area contributed by atoms with Crippen LogP contribution in [0, 0.1) is 26.7 Å². The van der Waals surface area contributed by atoms with Crippen LogP contribution in [0.4, 0.5) is 0 Å². The second-order valence-corrected chi connectivity index (χ2v) is 7.20. The lowest BCUT2D eigenvalue weighted by Crippen LogP contribution is -2.29. The van der Waals surface area contributed by atoms with E-state index in [1.807, 2.05) is 32.6 Å². The lowest BCUT2D eigenvalue weighted by molar-refractivity contribution is 0.0766. The Hall–Kier alpha value is -1.73. The summed E-state index contributed by atoms with van der Waals surface area (Å²) in [5.41, 5.74) is 2.48. The lowest BCUT2D eigenvalue weighted by Gasteiger charge is -2.15. The Balaban J connectivity index is 1.77. The van der Waals surface area contributed by atoms with Gasteiger partial charge in [0, 0.05) is 25.6 Å². The molecule has 7 heteroatoms. The predicted octanol–water partition coefficient (Wildman–Crippen LogP) is 3.22. The van der Waals surface area contributed by atoms with E-state index < -0.39 is 0 Å². The summed E-state index contributed by atoms with van der Waals surface area (Å²) in [6.45, 7) is 10.6. The van der Waals surface area contributed by atoms with Gasteiger partial charge in [0.05, 0.1) is 23.6 Å². The minimum atomic E-state index is 0.0713. The number of aryl methyl sites for hydroxylation is 3. The molecule has 24 heavy (non-hydrogen) atoms. The fourth-order valence-corrected chi connectivity index (χ4v) is 4.25. The molecule has 1 atom stereocenters. The maximum Gasteiger partial charge on any atom is 0.265 e. The molecule has 1 fully saturated rings. The van der Waals surface area contributed by atoms with Crippen LogP contribution in [-0.2, 0) is 4.74 Å². The minimum absolute atomic E-state index is 0.0713. The molecule has 1 aliphatic heterocycles. The average Bonchev–Trinajstić information content (AvgIpc) is 3.24. The Morgan fingerprint density at radius 2 is 2.17 bits per heavy atom.